The lowest BCUT2D eigenvalue weighted by Crippen LogP contribution is -2.09. The molecule has 0 unspecified atom stereocenters. The van der Waals surface area contributed by atoms with Crippen molar-refractivity contribution >= 4 is 5.69 Å². The molecule has 0 aliphatic carbocycles. The third-order valence-corrected chi connectivity index (χ3v) is 2.50. The van der Waals surface area contributed by atoms with Crippen LogP contribution >= 0.6 is 0 Å². The standard InChI is InChI=1S/C13H14F3N3O/c1-8(2)20-11-7-9(3-4-10(11)17)19-6-5-12(18-19)13(14,15)16/h3-8H,17H2,1-2H3. The van der Waals surface area contributed by atoms with E-state index in [2.05, 4.69) is 5.10 Å². The van der Waals surface area contributed by atoms with E-state index >= 15 is 0 Å². The number of hydrogen-bond acceptors (Lipinski definition) is 3. The van der Waals surface area contributed by atoms with Crippen LogP contribution in [0.25, 0.3) is 5.69 Å². The van der Waals surface area contributed by atoms with Crippen molar-refractivity contribution in [2.75, 3.05) is 5.73 Å². The van der Waals surface area contributed by atoms with E-state index in [-0.39, 0.29) is 6.10 Å². The van der Waals surface area contributed by atoms with E-state index in [0.29, 0.717) is 17.1 Å². The average molecular weight is 285 g/mol. The van der Waals surface area contributed by atoms with Gasteiger partial charge in [-0.3, -0.25) is 0 Å². The van der Waals surface area contributed by atoms with E-state index in [4.69, 9.17) is 10.5 Å². The molecule has 2 N–H and O–H groups in total. The summed E-state index contributed by atoms with van der Waals surface area (Å²) >= 11 is 0. The van der Waals surface area contributed by atoms with Crippen LogP contribution in [0.15, 0.2) is 30.5 Å². The van der Waals surface area contributed by atoms with Crippen molar-refractivity contribution in [3.8, 4) is 11.4 Å². The minimum atomic E-state index is -4.46. The highest BCUT2D eigenvalue weighted by atomic mass is 19.4. The normalized spacial score (nSPS) is 11.9. The van der Waals surface area contributed by atoms with Crippen molar-refractivity contribution in [1.29, 1.82) is 0 Å². The molecular weight excluding hydrogens is 271 g/mol. The quantitative estimate of drug-likeness (QED) is 0.881. The summed E-state index contributed by atoms with van der Waals surface area (Å²) in [6, 6.07) is 5.62. The van der Waals surface area contributed by atoms with Gasteiger partial charge in [0.2, 0.25) is 0 Å². The third kappa shape index (κ3) is 3.04. The molecule has 0 aliphatic rings. The van der Waals surface area contributed by atoms with Crippen LogP contribution in [0.1, 0.15) is 19.5 Å². The highest BCUT2D eigenvalue weighted by Crippen LogP contribution is 2.29. The minimum Gasteiger partial charge on any atom is -0.489 e. The van der Waals surface area contributed by atoms with Gasteiger partial charge in [0.05, 0.1) is 17.5 Å². The smallest absolute Gasteiger partial charge is 0.435 e. The molecule has 0 radical (unpaired) electrons. The van der Waals surface area contributed by atoms with Gasteiger partial charge < -0.3 is 10.5 Å². The molecule has 2 rings (SSSR count). The second-order valence-corrected chi connectivity index (χ2v) is 4.53. The van der Waals surface area contributed by atoms with Gasteiger partial charge in [-0.05, 0) is 32.0 Å². The molecule has 7 heteroatoms. The predicted octanol–water partition coefficient (Wildman–Crippen LogP) is 3.26. The summed E-state index contributed by atoms with van der Waals surface area (Å²) in [5, 5.41) is 3.50. The Morgan fingerprint density at radius 1 is 1.25 bits per heavy atom. The Kier molecular flexibility index (Phi) is 3.61. The summed E-state index contributed by atoms with van der Waals surface area (Å²) in [5.41, 5.74) is 5.68. The Balaban J connectivity index is 2.36. The van der Waals surface area contributed by atoms with E-state index in [1.165, 1.54) is 6.20 Å². The average Bonchev–Trinajstić information content (AvgIpc) is 2.80. The third-order valence-electron chi connectivity index (χ3n) is 2.50. The molecule has 0 amide bonds. The lowest BCUT2D eigenvalue weighted by Gasteiger charge is -2.13. The fourth-order valence-corrected chi connectivity index (χ4v) is 1.64. The molecule has 108 valence electrons. The number of anilines is 1. The van der Waals surface area contributed by atoms with Gasteiger partial charge in [-0.2, -0.15) is 18.3 Å². The molecule has 4 nitrogen and oxygen atoms in total. The van der Waals surface area contributed by atoms with E-state index in [0.717, 1.165) is 10.7 Å². The fourth-order valence-electron chi connectivity index (χ4n) is 1.64. The van der Waals surface area contributed by atoms with Gasteiger partial charge in [0.1, 0.15) is 5.75 Å². The molecule has 1 heterocycles. The maximum absolute atomic E-state index is 12.5. The molecule has 0 atom stereocenters. The van der Waals surface area contributed by atoms with Crippen LogP contribution in [0, 0.1) is 0 Å². The zero-order chi connectivity index (χ0) is 14.9. The Morgan fingerprint density at radius 2 is 1.95 bits per heavy atom. The number of benzene rings is 1. The molecule has 0 saturated heterocycles. The van der Waals surface area contributed by atoms with Gasteiger partial charge in [-0.15, -0.1) is 0 Å². The van der Waals surface area contributed by atoms with Crippen LogP contribution in [0.3, 0.4) is 0 Å². The highest BCUT2D eigenvalue weighted by molar-refractivity contribution is 5.57. The lowest BCUT2D eigenvalue weighted by atomic mass is 10.2. The summed E-state index contributed by atoms with van der Waals surface area (Å²) in [6.07, 6.45) is -3.31. The number of ether oxygens (including phenoxy) is 1. The van der Waals surface area contributed by atoms with Crippen LogP contribution < -0.4 is 10.5 Å². The first-order valence-corrected chi connectivity index (χ1v) is 5.97. The lowest BCUT2D eigenvalue weighted by molar-refractivity contribution is -0.141. The van der Waals surface area contributed by atoms with Gasteiger partial charge >= 0.3 is 6.18 Å². The topological polar surface area (TPSA) is 53.1 Å². The second kappa shape index (κ2) is 5.07. The number of nitrogen functional groups attached to an aromatic ring is 1. The van der Waals surface area contributed by atoms with Crippen LogP contribution in [-0.4, -0.2) is 15.9 Å². The number of halogens is 3. The predicted molar refractivity (Wildman–Crippen MR) is 68.7 cm³/mol. The van der Waals surface area contributed by atoms with Crippen LogP contribution in [-0.2, 0) is 6.18 Å². The molecule has 0 saturated carbocycles. The molecule has 1 aromatic heterocycles. The molecule has 2 aromatic rings. The van der Waals surface area contributed by atoms with Crippen molar-refractivity contribution in [2.45, 2.75) is 26.1 Å². The highest BCUT2D eigenvalue weighted by Gasteiger charge is 2.33. The summed E-state index contributed by atoms with van der Waals surface area (Å²) in [7, 11) is 0. The zero-order valence-corrected chi connectivity index (χ0v) is 11.0. The summed E-state index contributed by atoms with van der Waals surface area (Å²) < 4.78 is 44.2. The zero-order valence-electron chi connectivity index (χ0n) is 11.0. The summed E-state index contributed by atoms with van der Waals surface area (Å²) in [4.78, 5) is 0. The van der Waals surface area contributed by atoms with Crippen molar-refractivity contribution < 1.29 is 17.9 Å². The first kappa shape index (κ1) is 14.2. The van der Waals surface area contributed by atoms with Gasteiger partial charge in [0.15, 0.2) is 5.69 Å². The fraction of sp³-hybridized carbons (Fsp3) is 0.308. The first-order chi connectivity index (χ1) is 9.27. The molecule has 20 heavy (non-hydrogen) atoms. The Bertz CT molecular complexity index is 605. The first-order valence-electron chi connectivity index (χ1n) is 5.97. The van der Waals surface area contributed by atoms with Crippen molar-refractivity contribution in [1.82, 2.24) is 9.78 Å². The number of nitrogens with zero attached hydrogens (tertiary/aromatic N) is 2. The Morgan fingerprint density at radius 3 is 2.50 bits per heavy atom. The van der Waals surface area contributed by atoms with E-state index in [1.54, 1.807) is 18.2 Å². The number of nitrogens with two attached hydrogens (primary N) is 1. The second-order valence-electron chi connectivity index (χ2n) is 4.53. The van der Waals surface area contributed by atoms with E-state index < -0.39 is 11.9 Å². The largest absolute Gasteiger partial charge is 0.489 e. The molecule has 0 aliphatic heterocycles. The van der Waals surface area contributed by atoms with Crippen molar-refractivity contribution in [2.24, 2.45) is 0 Å². The van der Waals surface area contributed by atoms with Gasteiger partial charge in [0.25, 0.3) is 0 Å². The number of alkyl halides is 3. The monoisotopic (exact) mass is 285 g/mol. The Labute approximate surface area is 114 Å². The molecule has 0 bridgehead atoms. The van der Waals surface area contributed by atoms with Gasteiger partial charge in [-0.1, -0.05) is 0 Å². The molecule has 0 spiro atoms. The van der Waals surface area contributed by atoms with Gasteiger partial charge in [0, 0.05) is 12.3 Å². The summed E-state index contributed by atoms with van der Waals surface area (Å²) in [6.45, 7) is 3.67. The van der Waals surface area contributed by atoms with Crippen molar-refractivity contribution in [3.63, 3.8) is 0 Å². The van der Waals surface area contributed by atoms with Crippen LogP contribution in [0.5, 0.6) is 5.75 Å². The van der Waals surface area contributed by atoms with Crippen LogP contribution in [0.2, 0.25) is 0 Å². The number of aromatic nitrogens is 2. The molecule has 1 aromatic carbocycles. The van der Waals surface area contributed by atoms with E-state index in [1.807, 2.05) is 13.8 Å². The van der Waals surface area contributed by atoms with Gasteiger partial charge in [-0.25, -0.2) is 4.68 Å². The minimum absolute atomic E-state index is 0.0871. The van der Waals surface area contributed by atoms with E-state index in [9.17, 15) is 13.2 Å². The maximum atomic E-state index is 12.5. The Hall–Kier alpha value is -2.18. The van der Waals surface area contributed by atoms with Crippen LogP contribution in [0.4, 0.5) is 18.9 Å². The number of rotatable bonds is 3. The SMILES string of the molecule is CC(C)Oc1cc(-n2ccc(C(F)(F)F)n2)ccc1N. The number of hydrogen-bond donors (Lipinski definition) is 1. The summed E-state index contributed by atoms with van der Waals surface area (Å²) in [5.74, 6) is 0.418. The maximum Gasteiger partial charge on any atom is 0.435 e. The van der Waals surface area contributed by atoms with Crippen molar-refractivity contribution in [3.05, 3.63) is 36.2 Å². The molecular formula is C13H14F3N3O. The molecule has 0 fully saturated rings.